The molecule has 2 N–H and O–H groups in total. The first-order valence-electron chi connectivity index (χ1n) is 5.62. The Hall–Kier alpha value is -0.950. The molecule has 0 atom stereocenters. The van der Waals surface area contributed by atoms with Gasteiger partial charge in [0.1, 0.15) is 11.0 Å². The summed E-state index contributed by atoms with van der Waals surface area (Å²) in [5.41, 5.74) is 1.51. The molecule has 1 amide bonds. The van der Waals surface area contributed by atoms with Crippen molar-refractivity contribution in [3.05, 3.63) is 16.1 Å². The maximum atomic E-state index is 11.8. The molecular weight excluding hydrogens is 307 g/mol. The van der Waals surface area contributed by atoms with Crippen LogP contribution in [0.3, 0.4) is 0 Å². The zero-order valence-electron chi connectivity index (χ0n) is 10.3. The minimum Gasteiger partial charge on any atom is -0.322 e. The summed E-state index contributed by atoms with van der Waals surface area (Å²) >= 11 is 13.1. The molecular formula is C11H12Cl2N4OS. The minimum absolute atomic E-state index is 0.188. The highest BCUT2D eigenvalue weighted by Gasteiger charge is 2.16. The molecule has 8 heteroatoms. The van der Waals surface area contributed by atoms with Crippen molar-refractivity contribution in [2.24, 2.45) is 0 Å². The van der Waals surface area contributed by atoms with Crippen LogP contribution in [0.5, 0.6) is 0 Å². The van der Waals surface area contributed by atoms with E-state index in [1.165, 1.54) is 0 Å². The molecule has 0 saturated heterocycles. The minimum atomic E-state index is -0.188. The molecule has 0 radical (unpaired) electrons. The number of carbonyl (C=O) groups excluding carboxylic acids is 1. The summed E-state index contributed by atoms with van der Waals surface area (Å²) < 4.78 is 8.19. The SMILES string of the molecule is CC(C)NCC(=O)Nc1c(Cl)cc(Cl)c2nsnc12. The van der Waals surface area contributed by atoms with Crippen molar-refractivity contribution >= 4 is 57.6 Å². The molecule has 0 fully saturated rings. The third kappa shape index (κ3) is 3.33. The number of fused-ring (bicyclic) bond motifs is 1. The van der Waals surface area contributed by atoms with Crippen molar-refractivity contribution in [3.63, 3.8) is 0 Å². The number of amides is 1. The number of nitrogens with zero attached hydrogens (tertiary/aromatic N) is 2. The first-order valence-corrected chi connectivity index (χ1v) is 7.11. The summed E-state index contributed by atoms with van der Waals surface area (Å²) in [6.07, 6.45) is 0. The second-order valence-corrected chi connectivity index (χ2v) is 5.60. The van der Waals surface area contributed by atoms with E-state index in [2.05, 4.69) is 19.4 Å². The van der Waals surface area contributed by atoms with Crippen LogP contribution in [0.15, 0.2) is 6.07 Å². The zero-order valence-corrected chi connectivity index (χ0v) is 12.7. The Bertz CT molecular complexity index is 614. The number of anilines is 1. The first-order chi connectivity index (χ1) is 8.99. The third-order valence-electron chi connectivity index (χ3n) is 2.38. The fourth-order valence-electron chi connectivity index (χ4n) is 1.47. The average Bonchev–Trinajstić information content (AvgIpc) is 2.81. The van der Waals surface area contributed by atoms with Gasteiger partial charge in [0.15, 0.2) is 0 Å². The number of carbonyl (C=O) groups is 1. The normalized spacial score (nSPS) is 11.2. The van der Waals surface area contributed by atoms with Crippen molar-refractivity contribution in [2.45, 2.75) is 19.9 Å². The number of aromatic nitrogens is 2. The Labute approximate surface area is 124 Å². The van der Waals surface area contributed by atoms with Crippen molar-refractivity contribution in [2.75, 3.05) is 11.9 Å². The van der Waals surface area contributed by atoms with E-state index in [1.807, 2.05) is 13.8 Å². The fourth-order valence-corrected chi connectivity index (χ4v) is 2.63. The van der Waals surface area contributed by atoms with Crippen LogP contribution < -0.4 is 10.6 Å². The smallest absolute Gasteiger partial charge is 0.238 e. The van der Waals surface area contributed by atoms with Gasteiger partial charge in [0.2, 0.25) is 5.91 Å². The van der Waals surface area contributed by atoms with Crippen molar-refractivity contribution in [1.82, 2.24) is 14.1 Å². The molecule has 1 heterocycles. The molecule has 0 aliphatic carbocycles. The lowest BCUT2D eigenvalue weighted by molar-refractivity contribution is -0.115. The third-order valence-corrected chi connectivity index (χ3v) is 3.49. The Morgan fingerprint density at radius 2 is 2.00 bits per heavy atom. The topological polar surface area (TPSA) is 66.9 Å². The van der Waals surface area contributed by atoms with E-state index in [4.69, 9.17) is 23.2 Å². The lowest BCUT2D eigenvalue weighted by Crippen LogP contribution is -2.32. The molecule has 0 spiro atoms. The van der Waals surface area contributed by atoms with Crippen LogP contribution in [0, 0.1) is 0 Å². The molecule has 0 aliphatic heterocycles. The number of hydrogen-bond donors (Lipinski definition) is 2. The van der Waals surface area contributed by atoms with Gasteiger partial charge in [-0.2, -0.15) is 8.75 Å². The molecule has 102 valence electrons. The predicted molar refractivity (Wildman–Crippen MR) is 79.2 cm³/mol. The van der Waals surface area contributed by atoms with E-state index in [0.29, 0.717) is 26.8 Å². The van der Waals surface area contributed by atoms with Crippen LogP contribution in [0.4, 0.5) is 5.69 Å². The molecule has 0 saturated carbocycles. The lowest BCUT2D eigenvalue weighted by atomic mass is 10.2. The summed E-state index contributed by atoms with van der Waals surface area (Å²) in [5.74, 6) is -0.188. The second-order valence-electron chi connectivity index (χ2n) is 4.26. The molecule has 0 unspecified atom stereocenters. The van der Waals surface area contributed by atoms with Gasteiger partial charge in [-0.25, -0.2) is 0 Å². The fraction of sp³-hybridized carbons (Fsp3) is 0.364. The highest BCUT2D eigenvalue weighted by molar-refractivity contribution is 7.00. The predicted octanol–water partition coefficient (Wildman–Crippen LogP) is 2.93. The summed E-state index contributed by atoms with van der Waals surface area (Å²) in [5, 5.41) is 6.53. The van der Waals surface area contributed by atoms with E-state index in [1.54, 1.807) is 6.07 Å². The van der Waals surface area contributed by atoms with E-state index in [-0.39, 0.29) is 18.5 Å². The van der Waals surface area contributed by atoms with E-state index < -0.39 is 0 Å². The van der Waals surface area contributed by atoms with Gasteiger partial charge in [-0.1, -0.05) is 37.0 Å². The van der Waals surface area contributed by atoms with Gasteiger partial charge in [0.25, 0.3) is 0 Å². The van der Waals surface area contributed by atoms with Gasteiger partial charge >= 0.3 is 0 Å². The molecule has 0 bridgehead atoms. The van der Waals surface area contributed by atoms with Crippen molar-refractivity contribution in [3.8, 4) is 0 Å². The molecule has 1 aromatic carbocycles. The second kappa shape index (κ2) is 6.00. The quantitative estimate of drug-likeness (QED) is 0.909. The Balaban J connectivity index is 2.25. The van der Waals surface area contributed by atoms with Crippen molar-refractivity contribution in [1.29, 1.82) is 0 Å². The van der Waals surface area contributed by atoms with Crippen LogP contribution in [-0.2, 0) is 4.79 Å². The first kappa shape index (κ1) is 14.5. The Morgan fingerprint density at radius 1 is 1.32 bits per heavy atom. The van der Waals surface area contributed by atoms with E-state index in [0.717, 1.165) is 11.7 Å². The van der Waals surface area contributed by atoms with Gasteiger partial charge < -0.3 is 10.6 Å². The standard InChI is InChI=1S/C11H12Cl2N4OS/c1-5(2)14-4-8(18)15-9-6(12)3-7(13)10-11(9)17-19-16-10/h3,5,14H,4H2,1-2H3,(H,15,18). The summed E-state index contributed by atoms with van der Waals surface area (Å²) in [7, 11) is 0. The van der Waals surface area contributed by atoms with Gasteiger partial charge in [0, 0.05) is 6.04 Å². The number of rotatable bonds is 4. The molecule has 1 aromatic heterocycles. The zero-order chi connectivity index (χ0) is 14.0. The highest BCUT2D eigenvalue weighted by atomic mass is 35.5. The van der Waals surface area contributed by atoms with Gasteiger partial charge in [-0.15, -0.1) is 0 Å². The molecule has 5 nitrogen and oxygen atoms in total. The Morgan fingerprint density at radius 3 is 2.68 bits per heavy atom. The van der Waals surface area contributed by atoms with Gasteiger partial charge in [-0.05, 0) is 6.07 Å². The molecule has 19 heavy (non-hydrogen) atoms. The van der Waals surface area contributed by atoms with Crippen LogP contribution in [0.1, 0.15) is 13.8 Å². The Kier molecular flexibility index (Phi) is 4.57. The molecule has 2 aromatic rings. The maximum Gasteiger partial charge on any atom is 0.238 e. The average molecular weight is 319 g/mol. The largest absolute Gasteiger partial charge is 0.322 e. The monoisotopic (exact) mass is 318 g/mol. The summed E-state index contributed by atoms with van der Waals surface area (Å²) in [6.45, 7) is 4.13. The number of hydrogen-bond acceptors (Lipinski definition) is 5. The summed E-state index contributed by atoms with van der Waals surface area (Å²) in [6, 6.07) is 1.78. The summed E-state index contributed by atoms with van der Waals surface area (Å²) in [4.78, 5) is 11.8. The molecule has 2 rings (SSSR count). The maximum absolute atomic E-state index is 11.8. The number of nitrogens with one attached hydrogen (secondary N) is 2. The number of benzene rings is 1. The van der Waals surface area contributed by atoms with Crippen LogP contribution in [0.2, 0.25) is 10.0 Å². The lowest BCUT2D eigenvalue weighted by Gasteiger charge is -2.10. The van der Waals surface area contributed by atoms with E-state index in [9.17, 15) is 4.79 Å². The van der Waals surface area contributed by atoms with Crippen molar-refractivity contribution < 1.29 is 4.79 Å². The van der Waals surface area contributed by atoms with E-state index >= 15 is 0 Å². The van der Waals surface area contributed by atoms with Gasteiger partial charge in [-0.3, -0.25) is 4.79 Å². The van der Waals surface area contributed by atoms with Crippen LogP contribution in [0.25, 0.3) is 11.0 Å². The molecule has 0 aliphatic rings. The van der Waals surface area contributed by atoms with Crippen LogP contribution in [-0.4, -0.2) is 27.2 Å². The van der Waals surface area contributed by atoms with Gasteiger partial charge in [0.05, 0.1) is 34.0 Å². The number of halogens is 2. The highest BCUT2D eigenvalue weighted by Crippen LogP contribution is 2.35. The van der Waals surface area contributed by atoms with Crippen LogP contribution >= 0.6 is 34.9 Å².